The summed E-state index contributed by atoms with van der Waals surface area (Å²) in [4.78, 5) is 10.4. The van der Waals surface area contributed by atoms with Gasteiger partial charge in [0, 0.05) is 6.08 Å². The third-order valence-corrected chi connectivity index (χ3v) is 2.51. The number of rotatable bonds is 3. The molecule has 0 spiro atoms. The van der Waals surface area contributed by atoms with Gasteiger partial charge in [0.15, 0.2) is 0 Å². The lowest BCUT2D eigenvalue weighted by molar-refractivity contribution is -0.131. The van der Waals surface area contributed by atoms with Crippen LogP contribution in [0.5, 0.6) is 0 Å². The average Bonchev–Trinajstić information content (AvgIpc) is 2.38. The molecule has 0 aliphatic carbocycles. The van der Waals surface area contributed by atoms with Gasteiger partial charge in [-0.1, -0.05) is 36.4 Å². The molecule has 0 radical (unpaired) electrons. The van der Waals surface area contributed by atoms with Crippen LogP contribution in [0, 0.1) is 5.82 Å². The Labute approximate surface area is 104 Å². The monoisotopic (exact) mass is 242 g/mol. The van der Waals surface area contributed by atoms with Crippen molar-refractivity contribution in [1.29, 1.82) is 0 Å². The van der Waals surface area contributed by atoms with Crippen molar-refractivity contribution >= 4 is 12.0 Å². The van der Waals surface area contributed by atoms with Gasteiger partial charge in [-0.3, -0.25) is 0 Å². The van der Waals surface area contributed by atoms with Crippen molar-refractivity contribution in [2.75, 3.05) is 0 Å². The summed E-state index contributed by atoms with van der Waals surface area (Å²) in [6.07, 6.45) is 2.61. The molecule has 0 aliphatic heterocycles. The third-order valence-electron chi connectivity index (χ3n) is 2.51. The van der Waals surface area contributed by atoms with Crippen LogP contribution < -0.4 is 0 Å². The predicted octanol–water partition coefficient (Wildman–Crippen LogP) is 3.59. The van der Waals surface area contributed by atoms with Crippen LogP contribution in [-0.4, -0.2) is 11.1 Å². The molecule has 0 saturated heterocycles. The maximum Gasteiger partial charge on any atom is 0.328 e. The molecule has 0 aromatic heterocycles. The molecular formula is C15H11FO2. The summed E-state index contributed by atoms with van der Waals surface area (Å²) in [6, 6.07) is 13.6. The Hall–Kier alpha value is -2.42. The second-order valence-corrected chi connectivity index (χ2v) is 3.80. The van der Waals surface area contributed by atoms with Crippen molar-refractivity contribution in [1.82, 2.24) is 0 Å². The minimum atomic E-state index is -0.974. The lowest BCUT2D eigenvalue weighted by atomic mass is 10.0. The fourth-order valence-electron chi connectivity index (χ4n) is 1.60. The van der Waals surface area contributed by atoms with E-state index in [2.05, 4.69) is 0 Å². The van der Waals surface area contributed by atoms with Crippen molar-refractivity contribution < 1.29 is 14.3 Å². The van der Waals surface area contributed by atoms with Gasteiger partial charge >= 0.3 is 5.97 Å². The molecule has 0 fully saturated rings. The Balaban J connectivity index is 2.22. The van der Waals surface area contributed by atoms with Crippen molar-refractivity contribution in [3.8, 4) is 11.1 Å². The van der Waals surface area contributed by atoms with Crippen molar-refractivity contribution in [2.24, 2.45) is 0 Å². The number of aliphatic carboxylic acids is 1. The standard InChI is InChI=1S/C15H11FO2/c16-14-8-6-13(7-9-14)12-4-1-11(2-5-12)3-10-15(17)18/h1-10H,(H,17,18)/b10-3+. The summed E-state index contributed by atoms with van der Waals surface area (Å²) in [6.45, 7) is 0. The summed E-state index contributed by atoms with van der Waals surface area (Å²) in [5, 5.41) is 8.51. The maximum absolute atomic E-state index is 12.8. The van der Waals surface area contributed by atoms with Crippen LogP contribution in [0.15, 0.2) is 54.6 Å². The highest BCUT2D eigenvalue weighted by molar-refractivity contribution is 5.85. The summed E-state index contributed by atoms with van der Waals surface area (Å²) in [5.41, 5.74) is 2.69. The van der Waals surface area contributed by atoms with Gasteiger partial charge in [-0.15, -0.1) is 0 Å². The van der Waals surface area contributed by atoms with E-state index in [1.165, 1.54) is 18.2 Å². The van der Waals surface area contributed by atoms with Gasteiger partial charge < -0.3 is 5.11 Å². The van der Waals surface area contributed by atoms with Gasteiger partial charge in [0.25, 0.3) is 0 Å². The topological polar surface area (TPSA) is 37.3 Å². The summed E-state index contributed by atoms with van der Waals surface area (Å²) in [7, 11) is 0. The highest BCUT2D eigenvalue weighted by Gasteiger charge is 1.98. The van der Waals surface area contributed by atoms with Crippen LogP contribution >= 0.6 is 0 Å². The predicted molar refractivity (Wildman–Crippen MR) is 68.5 cm³/mol. The number of carboxylic acid groups (broad SMARTS) is 1. The second kappa shape index (κ2) is 5.27. The first-order chi connectivity index (χ1) is 8.65. The second-order valence-electron chi connectivity index (χ2n) is 3.80. The molecule has 2 nitrogen and oxygen atoms in total. The van der Waals surface area contributed by atoms with E-state index in [-0.39, 0.29) is 5.82 Å². The van der Waals surface area contributed by atoms with E-state index < -0.39 is 5.97 Å². The first-order valence-corrected chi connectivity index (χ1v) is 5.42. The molecule has 0 bridgehead atoms. The maximum atomic E-state index is 12.8. The van der Waals surface area contributed by atoms with Crippen LogP contribution in [-0.2, 0) is 4.79 Å². The van der Waals surface area contributed by atoms with E-state index in [9.17, 15) is 9.18 Å². The first kappa shape index (κ1) is 12.0. The van der Waals surface area contributed by atoms with Gasteiger partial charge in [-0.2, -0.15) is 0 Å². The number of carbonyl (C=O) groups is 1. The van der Waals surface area contributed by atoms with E-state index >= 15 is 0 Å². The Morgan fingerprint density at radius 2 is 1.44 bits per heavy atom. The zero-order valence-electron chi connectivity index (χ0n) is 9.51. The lowest BCUT2D eigenvalue weighted by Crippen LogP contribution is -1.85. The lowest BCUT2D eigenvalue weighted by Gasteiger charge is -2.02. The molecule has 0 heterocycles. The van der Waals surface area contributed by atoms with E-state index in [1.54, 1.807) is 12.1 Å². The summed E-state index contributed by atoms with van der Waals surface area (Å²) in [5.74, 6) is -1.24. The number of hydrogen-bond donors (Lipinski definition) is 1. The quantitative estimate of drug-likeness (QED) is 0.835. The number of benzene rings is 2. The molecule has 0 amide bonds. The highest BCUT2D eigenvalue weighted by Crippen LogP contribution is 2.20. The summed E-state index contributed by atoms with van der Waals surface area (Å²) < 4.78 is 12.8. The van der Waals surface area contributed by atoms with Crippen molar-refractivity contribution in [2.45, 2.75) is 0 Å². The largest absolute Gasteiger partial charge is 0.478 e. The molecule has 0 atom stereocenters. The number of carboxylic acids is 1. The van der Waals surface area contributed by atoms with Crippen LogP contribution in [0.2, 0.25) is 0 Å². The van der Waals surface area contributed by atoms with Crippen LogP contribution in [0.1, 0.15) is 5.56 Å². The fourth-order valence-corrected chi connectivity index (χ4v) is 1.60. The molecule has 90 valence electrons. The van der Waals surface area contributed by atoms with Gasteiger partial charge in [-0.25, -0.2) is 9.18 Å². The Morgan fingerprint density at radius 3 is 1.94 bits per heavy atom. The number of hydrogen-bond acceptors (Lipinski definition) is 1. The molecule has 2 aromatic carbocycles. The molecule has 2 aromatic rings. The zero-order chi connectivity index (χ0) is 13.0. The van der Waals surface area contributed by atoms with Crippen LogP contribution in [0.3, 0.4) is 0 Å². The Morgan fingerprint density at radius 1 is 0.944 bits per heavy atom. The third kappa shape index (κ3) is 3.04. The minimum Gasteiger partial charge on any atom is -0.478 e. The highest BCUT2D eigenvalue weighted by atomic mass is 19.1. The molecule has 0 unspecified atom stereocenters. The van der Waals surface area contributed by atoms with Crippen molar-refractivity contribution in [3.05, 3.63) is 66.0 Å². The van der Waals surface area contributed by atoms with E-state index in [4.69, 9.17) is 5.11 Å². The minimum absolute atomic E-state index is 0.264. The van der Waals surface area contributed by atoms with Crippen LogP contribution in [0.25, 0.3) is 17.2 Å². The van der Waals surface area contributed by atoms with E-state index in [0.29, 0.717) is 0 Å². The molecule has 2 rings (SSSR count). The zero-order valence-corrected chi connectivity index (χ0v) is 9.51. The van der Waals surface area contributed by atoms with Crippen molar-refractivity contribution in [3.63, 3.8) is 0 Å². The first-order valence-electron chi connectivity index (χ1n) is 5.42. The van der Waals surface area contributed by atoms with Gasteiger partial charge in [0.1, 0.15) is 5.82 Å². The van der Waals surface area contributed by atoms with Gasteiger partial charge in [-0.05, 0) is 34.9 Å². The smallest absolute Gasteiger partial charge is 0.328 e. The van der Waals surface area contributed by atoms with E-state index in [0.717, 1.165) is 22.8 Å². The summed E-state index contributed by atoms with van der Waals surface area (Å²) >= 11 is 0. The molecule has 0 aliphatic rings. The van der Waals surface area contributed by atoms with Gasteiger partial charge in [0.2, 0.25) is 0 Å². The Bertz CT molecular complexity index is 568. The average molecular weight is 242 g/mol. The SMILES string of the molecule is O=C(O)/C=C/c1ccc(-c2ccc(F)cc2)cc1. The molecule has 18 heavy (non-hydrogen) atoms. The number of halogens is 1. The van der Waals surface area contributed by atoms with Crippen LogP contribution in [0.4, 0.5) is 4.39 Å². The fraction of sp³-hybridized carbons (Fsp3) is 0. The molecule has 1 N–H and O–H groups in total. The normalized spacial score (nSPS) is 10.7. The Kier molecular flexibility index (Phi) is 3.53. The van der Waals surface area contributed by atoms with Gasteiger partial charge in [0.05, 0.1) is 0 Å². The van der Waals surface area contributed by atoms with E-state index in [1.807, 2.05) is 24.3 Å². The molecular weight excluding hydrogens is 231 g/mol. The molecule has 0 saturated carbocycles. The molecule has 3 heteroatoms.